The summed E-state index contributed by atoms with van der Waals surface area (Å²) in [6, 6.07) is 11.5. The van der Waals surface area contributed by atoms with Crippen LogP contribution in [0.25, 0.3) is 0 Å². The maximum absolute atomic E-state index is 12.8. The number of hydrogen-bond donors (Lipinski definition) is 1. The number of likely N-dealkylation sites (N-methyl/N-ethyl adjacent to an activating group) is 1. The van der Waals surface area contributed by atoms with Gasteiger partial charge in [-0.3, -0.25) is 4.79 Å². The van der Waals surface area contributed by atoms with Crippen molar-refractivity contribution in [2.75, 3.05) is 39.0 Å². The van der Waals surface area contributed by atoms with Gasteiger partial charge >= 0.3 is 0 Å². The standard InChI is InChI=1S/C24H34N4O3S2/c1-18(2)15-20-5-7-21(8-6-20)19(3)26-23(29)17-32-24-10-9-22(16-25-24)33(30,31)28-13-11-27(4)12-14-28/h5-10,16,18-19H,11-15,17H2,1-4H3,(H,26,29)/t19-/m1/s1. The van der Waals surface area contributed by atoms with Crippen molar-refractivity contribution < 1.29 is 13.2 Å². The van der Waals surface area contributed by atoms with Crippen molar-refractivity contribution in [2.45, 2.75) is 43.2 Å². The van der Waals surface area contributed by atoms with Crippen LogP contribution < -0.4 is 5.32 Å². The summed E-state index contributed by atoms with van der Waals surface area (Å²) in [7, 11) is -1.55. The molecule has 0 radical (unpaired) electrons. The Hall–Kier alpha value is -1.94. The summed E-state index contributed by atoms with van der Waals surface area (Å²) in [4.78, 5) is 19.0. The fourth-order valence-corrected chi connectivity index (χ4v) is 5.72. The van der Waals surface area contributed by atoms with Crippen LogP contribution in [0.5, 0.6) is 0 Å². The number of aromatic nitrogens is 1. The molecule has 0 spiro atoms. The highest BCUT2D eigenvalue weighted by Crippen LogP contribution is 2.21. The van der Waals surface area contributed by atoms with E-state index in [0.717, 1.165) is 25.1 Å². The van der Waals surface area contributed by atoms with Gasteiger partial charge in [0.1, 0.15) is 4.90 Å². The lowest BCUT2D eigenvalue weighted by molar-refractivity contribution is -0.119. The van der Waals surface area contributed by atoms with E-state index in [-0.39, 0.29) is 22.6 Å². The van der Waals surface area contributed by atoms with E-state index in [4.69, 9.17) is 0 Å². The average Bonchev–Trinajstić information content (AvgIpc) is 2.78. The van der Waals surface area contributed by atoms with Crippen LogP contribution in [0.3, 0.4) is 0 Å². The van der Waals surface area contributed by atoms with Crippen LogP contribution in [0, 0.1) is 5.92 Å². The lowest BCUT2D eigenvalue weighted by Gasteiger charge is -2.31. The number of thioether (sulfide) groups is 1. The molecule has 0 bridgehead atoms. The Balaban J connectivity index is 1.50. The molecule has 9 heteroatoms. The van der Waals surface area contributed by atoms with E-state index in [0.29, 0.717) is 24.0 Å². The molecule has 1 aromatic heterocycles. The Morgan fingerprint density at radius 2 is 1.73 bits per heavy atom. The molecule has 1 saturated heterocycles. The van der Waals surface area contributed by atoms with Gasteiger partial charge in [0.05, 0.1) is 16.8 Å². The van der Waals surface area contributed by atoms with E-state index in [2.05, 4.69) is 53.3 Å². The second kappa shape index (κ2) is 11.5. The predicted molar refractivity (Wildman–Crippen MR) is 133 cm³/mol. The smallest absolute Gasteiger partial charge is 0.244 e. The molecule has 1 aliphatic rings. The molecule has 2 heterocycles. The van der Waals surface area contributed by atoms with Gasteiger partial charge < -0.3 is 10.2 Å². The Bertz CT molecular complexity index is 1020. The van der Waals surface area contributed by atoms with Gasteiger partial charge in [0.15, 0.2) is 0 Å². The molecule has 1 aromatic carbocycles. The zero-order chi connectivity index (χ0) is 24.0. The highest BCUT2D eigenvalue weighted by Gasteiger charge is 2.27. The molecule has 7 nitrogen and oxygen atoms in total. The summed E-state index contributed by atoms with van der Waals surface area (Å²) in [5.74, 6) is 0.738. The molecule has 33 heavy (non-hydrogen) atoms. The molecule has 1 amide bonds. The third kappa shape index (κ3) is 7.27. The molecule has 2 aromatic rings. The van der Waals surface area contributed by atoms with Crippen LogP contribution in [0.4, 0.5) is 0 Å². The molecule has 1 atom stereocenters. The van der Waals surface area contributed by atoms with Crippen molar-refractivity contribution in [1.29, 1.82) is 0 Å². The van der Waals surface area contributed by atoms with Crippen LogP contribution in [0.2, 0.25) is 0 Å². The van der Waals surface area contributed by atoms with E-state index in [1.54, 1.807) is 12.1 Å². The van der Waals surface area contributed by atoms with E-state index in [1.807, 2.05) is 14.0 Å². The number of sulfonamides is 1. The van der Waals surface area contributed by atoms with Gasteiger partial charge in [-0.2, -0.15) is 4.31 Å². The number of amides is 1. The lowest BCUT2D eigenvalue weighted by Crippen LogP contribution is -2.47. The summed E-state index contributed by atoms with van der Waals surface area (Å²) in [5, 5.41) is 3.63. The first-order valence-electron chi connectivity index (χ1n) is 11.3. The third-order valence-electron chi connectivity index (χ3n) is 5.66. The minimum absolute atomic E-state index is 0.0877. The second-order valence-corrected chi connectivity index (χ2v) is 11.9. The monoisotopic (exact) mass is 490 g/mol. The fraction of sp³-hybridized carbons (Fsp3) is 0.500. The number of nitrogens with zero attached hydrogens (tertiary/aromatic N) is 3. The van der Waals surface area contributed by atoms with Crippen LogP contribution >= 0.6 is 11.8 Å². The summed E-state index contributed by atoms with van der Waals surface area (Å²) in [6.45, 7) is 8.76. The Morgan fingerprint density at radius 3 is 2.30 bits per heavy atom. The predicted octanol–water partition coefficient (Wildman–Crippen LogP) is 3.19. The molecule has 0 unspecified atom stereocenters. The summed E-state index contributed by atoms with van der Waals surface area (Å²) < 4.78 is 27.1. The van der Waals surface area contributed by atoms with E-state index in [9.17, 15) is 13.2 Å². The van der Waals surface area contributed by atoms with Gasteiger partial charge in [0.2, 0.25) is 15.9 Å². The molecule has 1 aliphatic heterocycles. The van der Waals surface area contributed by atoms with Gasteiger partial charge in [0, 0.05) is 32.4 Å². The minimum Gasteiger partial charge on any atom is -0.349 e. The zero-order valence-electron chi connectivity index (χ0n) is 19.8. The van der Waals surface area contributed by atoms with E-state index in [1.165, 1.54) is 27.8 Å². The Morgan fingerprint density at radius 1 is 1.06 bits per heavy atom. The Kier molecular flexibility index (Phi) is 8.92. The first-order valence-corrected chi connectivity index (χ1v) is 13.7. The first kappa shape index (κ1) is 25.7. The molecule has 0 aliphatic carbocycles. The largest absolute Gasteiger partial charge is 0.349 e. The molecule has 1 fully saturated rings. The molecular formula is C24H34N4O3S2. The van der Waals surface area contributed by atoms with Crippen molar-refractivity contribution in [1.82, 2.24) is 19.5 Å². The SMILES string of the molecule is CC(C)Cc1ccc([C@@H](C)NC(=O)CSc2ccc(S(=O)(=O)N3CCN(C)CC3)cn2)cc1. The average molecular weight is 491 g/mol. The number of pyridine rings is 1. The van der Waals surface area contributed by atoms with E-state index < -0.39 is 10.0 Å². The van der Waals surface area contributed by atoms with Gasteiger partial charge in [-0.15, -0.1) is 0 Å². The molecule has 0 saturated carbocycles. The summed E-state index contributed by atoms with van der Waals surface area (Å²) in [6.07, 6.45) is 2.43. The van der Waals surface area contributed by atoms with Crippen molar-refractivity contribution in [3.63, 3.8) is 0 Å². The van der Waals surface area contributed by atoms with Crippen molar-refractivity contribution in [3.8, 4) is 0 Å². The number of nitrogens with one attached hydrogen (secondary N) is 1. The van der Waals surface area contributed by atoms with Gasteiger partial charge in [-0.05, 0) is 49.6 Å². The number of carbonyl (C=O) groups excluding carboxylic acids is 1. The highest BCUT2D eigenvalue weighted by atomic mass is 32.2. The van der Waals surface area contributed by atoms with Crippen LogP contribution in [0.15, 0.2) is 52.5 Å². The highest BCUT2D eigenvalue weighted by molar-refractivity contribution is 7.99. The van der Waals surface area contributed by atoms with Crippen LogP contribution in [0.1, 0.15) is 37.9 Å². The topological polar surface area (TPSA) is 82.6 Å². The molecule has 3 rings (SSSR count). The second-order valence-electron chi connectivity index (χ2n) is 8.96. The first-order chi connectivity index (χ1) is 15.6. The van der Waals surface area contributed by atoms with Gasteiger partial charge in [-0.1, -0.05) is 49.9 Å². The number of hydrogen-bond acceptors (Lipinski definition) is 6. The maximum Gasteiger partial charge on any atom is 0.244 e. The molecule has 180 valence electrons. The van der Waals surface area contributed by atoms with Crippen molar-refractivity contribution in [3.05, 3.63) is 53.7 Å². The quantitative estimate of drug-likeness (QED) is 0.544. The summed E-state index contributed by atoms with van der Waals surface area (Å²) in [5.41, 5.74) is 2.37. The van der Waals surface area contributed by atoms with Crippen LogP contribution in [-0.2, 0) is 21.2 Å². The van der Waals surface area contributed by atoms with E-state index >= 15 is 0 Å². The molecular weight excluding hydrogens is 456 g/mol. The third-order valence-corrected chi connectivity index (χ3v) is 8.49. The van der Waals surface area contributed by atoms with Crippen LogP contribution in [-0.4, -0.2) is 67.5 Å². The normalized spacial score (nSPS) is 16.6. The van der Waals surface area contributed by atoms with Gasteiger partial charge in [0.25, 0.3) is 0 Å². The number of benzene rings is 1. The fourth-order valence-electron chi connectivity index (χ4n) is 3.70. The number of carbonyl (C=O) groups is 1. The molecule has 1 N–H and O–H groups in total. The number of piperazine rings is 1. The summed E-state index contributed by atoms with van der Waals surface area (Å²) >= 11 is 1.29. The van der Waals surface area contributed by atoms with Gasteiger partial charge in [-0.25, -0.2) is 13.4 Å². The maximum atomic E-state index is 12.8. The lowest BCUT2D eigenvalue weighted by atomic mass is 10.00. The Labute approximate surface area is 202 Å². The van der Waals surface area contributed by atoms with Crippen molar-refractivity contribution >= 4 is 27.7 Å². The number of rotatable bonds is 9. The zero-order valence-corrected chi connectivity index (χ0v) is 21.5. The van der Waals surface area contributed by atoms with Crippen molar-refractivity contribution in [2.24, 2.45) is 5.92 Å². The minimum atomic E-state index is -3.53.